The SMILES string of the molecule is CCN(CC)Cc1ccccc1CNC(=O)CN1C(=O)NC2(CCC(C)CC2)C1=O. The quantitative estimate of drug-likeness (QED) is 0.641. The van der Waals surface area contributed by atoms with Gasteiger partial charge in [0.2, 0.25) is 5.91 Å². The second kappa shape index (κ2) is 9.60. The number of urea groups is 1. The van der Waals surface area contributed by atoms with Crippen molar-refractivity contribution in [3.8, 4) is 0 Å². The standard InChI is InChI=1S/C23H34N4O3/c1-4-26(5-2)15-19-9-7-6-8-18(19)14-24-20(28)16-27-21(29)23(25-22(27)30)12-10-17(3)11-13-23/h6-9,17H,4-5,10-16H2,1-3H3,(H,24,28)(H,25,30). The van der Waals surface area contributed by atoms with E-state index in [0.717, 1.165) is 42.9 Å². The van der Waals surface area contributed by atoms with Gasteiger partial charge >= 0.3 is 6.03 Å². The minimum absolute atomic E-state index is 0.236. The fourth-order valence-corrected chi connectivity index (χ4v) is 4.38. The summed E-state index contributed by atoms with van der Waals surface area (Å²) < 4.78 is 0. The van der Waals surface area contributed by atoms with Gasteiger partial charge in [-0.05, 0) is 55.8 Å². The Balaban J connectivity index is 1.58. The Kier molecular flexibility index (Phi) is 7.13. The number of carbonyl (C=O) groups excluding carboxylic acids is 3. The van der Waals surface area contributed by atoms with Crippen LogP contribution in [0.4, 0.5) is 4.79 Å². The van der Waals surface area contributed by atoms with Crippen LogP contribution in [-0.2, 0) is 22.7 Å². The average molecular weight is 415 g/mol. The number of amides is 4. The lowest BCUT2D eigenvalue weighted by Gasteiger charge is -2.33. The summed E-state index contributed by atoms with van der Waals surface area (Å²) in [6.45, 7) is 9.32. The molecule has 0 radical (unpaired) electrons. The summed E-state index contributed by atoms with van der Waals surface area (Å²) in [7, 11) is 0. The number of hydrogen-bond donors (Lipinski definition) is 2. The molecule has 1 aromatic rings. The topological polar surface area (TPSA) is 81.8 Å². The number of nitrogens with zero attached hydrogens (tertiary/aromatic N) is 2. The van der Waals surface area contributed by atoms with Crippen molar-refractivity contribution in [3.63, 3.8) is 0 Å². The second-order valence-electron chi connectivity index (χ2n) is 8.59. The Bertz CT molecular complexity index is 782. The maximum atomic E-state index is 12.9. The third kappa shape index (κ3) is 4.83. The summed E-state index contributed by atoms with van der Waals surface area (Å²) in [6, 6.07) is 7.59. The smallest absolute Gasteiger partial charge is 0.325 e. The van der Waals surface area contributed by atoms with Gasteiger partial charge in [0, 0.05) is 13.1 Å². The maximum Gasteiger partial charge on any atom is 0.325 e. The van der Waals surface area contributed by atoms with Crippen LogP contribution in [0.2, 0.25) is 0 Å². The van der Waals surface area contributed by atoms with Crippen LogP contribution in [0.25, 0.3) is 0 Å². The van der Waals surface area contributed by atoms with Crippen molar-refractivity contribution in [1.29, 1.82) is 0 Å². The van der Waals surface area contributed by atoms with Crippen molar-refractivity contribution >= 4 is 17.8 Å². The summed E-state index contributed by atoms with van der Waals surface area (Å²) in [4.78, 5) is 41.2. The number of carbonyl (C=O) groups is 3. The van der Waals surface area contributed by atoms with Crippen LogP contribution in [0.1, 0.15) is 57.6 Å². The number of rotatable bonds is 8. The Morgan fingerprint density at radius 1 is 1.17 bits per heavy atom. The lowest BCUT2D eigenvalue weighted by Crippen LogP contribution is -2.49. The molecule has 0 bridgehead atoms. The molecule has 30 heavy (non-hydrogen) atoms. The zero-order chi connectivity index (χ0) is 21.7. The minimum atomic E-state index is -0.805. The average Bonchev–Trinajstić information content (AvgIpc) is 2.97. The highest BCUT2D eigenvalue weighted by Gasteiger charge is 2.52. The van der Waals surface area contributed by atoms with E-state index in [2.05, 4.69) is 42.4 Å². The first-order valence-corrected chi connectivity index (χ1v) is 11.1. The fourth-order valence-electron chi connectivity index (χ4n) is 4.38. The van der Waals surface area contributed by atoms with Crippen LogP contribution >= 0.6 is 0 Å². The molecular weight excluding hydrogens is 380 g/mol. The van der Waals surface area contributed by atoms with Gasteiger partial charge in [0.1, 0.15) is 12.1 Å². The number of imide groups is 1. The predicted octanol–water partition coefficient (Wildman–Crippen LogP) is 2.65. The molecule has 3 rings (SSSR count). The summed E-state index contributed by atoms with van der Waals surface area (Å²) in [5.41, 5.74) is 1.42. The molecule has 1 saturated carbocycles. The van der Waals surface area contributed by atoms with Gasteiger partial charge in [0.05, 0.1) is 0 Å². The van der Waals surface area contributed by atoms with Gasteiger partial charge < -0.3 is 10.6 Å². The van der Waals surface area contributed by atoms with Crippen molar-refractivity contribution in [2.45, 2.75) is 65.1 Å². The Labute approximate surface area is 179 Å². The first-order chi connectivity index (χ1) is 14.4. The van der Waals surface area contributed by atoms with E-state index in [1.165, 1.54) is 5.56 Å². The van der Waals surface area contributed by atoms with Crippen LogP contribution in [-0.4, -0.2) is 52.8 Å². The fraction of sp³-hybridized carbons (Fsp3) is 0.609. The molecule has 1 saturated heterocycles. The molecule has 0 unspecified atom stereocenters. The van der Waals surface area contributed by atoms with Crippen molar-refractivity contribution in [2.24, 2.45) is 5.92 Å². The lowest BCUT2D eigenvalue weighted by molar-refractivity contribution is -0.136. The Morgan fingerprint density at radius 2 is 1.80 bits per heavy atom. The van der Waals surface area contributed by atoms with E-state index in [4.69, 9.17) is 0 Å². The van der Waals surface area contributed by atoms with Gasteiger partial charge in [0.15, 0.2) is 0 Å². The number of nitrogens with one attached hydrogen (secondary N) is 2. The molecule has 0 aromatic heterocycles. The van der Waals surface area contributed by atoms with E-state index >= 15 is 0 Å². The lowest BCUT2D eigenvalue weighted by atomic mass is 9.77. The Hall–Kier alpha value is -2.41. The normalized spacial score (nSPS) is 23.9. The largest absolute Gasteiger partial charge is 0.350 e. The second-order valence-corrected chi connectivity index (χ2v) is 8.59. The molecule has 2 fully saturated rings. The van der Waals surface area contributed by atoms with Gasteiger partial charge in [0.25, 0.3) is 5.91 Å². The minimum Gasteiger partial charge on any atom is -0.350 e. The highest BCUT2D eigenvalue weighted by Crippen LogP contribution is 2.36. The molecule has 7 nitrogen and oxygen atoms in total. The molecule has 164 valence electrons. The first kappa shape index (κ1) is 22.3. The number of benzene rings is 1. The van der Waals surface area contributed by atoms with E-state index in [-0.39, 0.29) is 18.4 Å². The zero-order valence-electron chi connectivity index (χ0n) is 18.4. The summed E-state index contributed by atoms with van der Waals surface area (Å²) >= 11 is 0. The van der Waals surface area contributed by atoms with E-state index in [9.17, 15) is 14.4 Å². The van der Waals surface area contributed by atoms with Crippen LogP contribution in [0, 0.1) is 5.92 Å². The molecule has 0 atom stereocenters. The van der Waals surface area contributed by atoms with E-state index in [1.807, 2.05) is 18.2 Å². The third-order valence-electron chi connectivity index (χ3n) is 6.56. The molecule has 1 aliphatic carbocycles. The third-order valence-corrected chi connectivity index (χ3v) is 6.56. The van der Waals surface area contributed by atoms with Crippen LogP contribution < -0.4 is 10.6 Å². The van der Waals surface area contributed by atoms with Gasteiger partial charge in [-0.15, -0.1) is 0 Å². The first-order valence-electron chi connectivity index (χ1n) is 11.1. The molecule has 4 amide bonds. The summed E-state index contributed by atoms with van der Waals surface area (Å²) in [5.74, 6) is -0.0112. The van der Waals surface area contributed by atoms with Gasteiger partial charge in [-0.25, -0.2) is 4.79 Å². The molecule has 1 spiro atoms. The molecule has 1 aliphatic heterocycles. The predicted molar refractivity (Wildman–Crippen MR) is 116 cm³/mol. The number of hydrogen-bond acceptors (Lipinski definition) is 4. The maximum absolute atomic E-state index is 12.9. The van der Waals surface area contributed by atoms with Crippen LogP contribution in [0.5, 0.6) is 0 Å². The van der Waals surface area contributed by atoms with Crippen molar-refractivity contribution in [2.75, 3.05) is 19.6 Å². The monoisotopic (exact) mass is 414 g/mol. The highest BCUT2D eigenvalue weighted by molar-refractivity contribution is 6.09. The molecule has 1 heterocycles. The van der Waals surface area contributed by atoms with Gasteiger partial charge in [-0.3, -0.25) is 19.4 Å². The van der Waals surface area contributed by atoms with Crippen molar-refractivity contribution in [3.05, 3.63) is 35.4 Å². The molecular formula is C23H34N4O3. The van der Waals surface area contributed by atoms with Gasteiger partial charge in [-0.2, -0.15) is 0 Å². The highest BCUT2D eigenvalue weighted by atomic mass is 16.2. The zero-order valence-corrected chi connectivity index (χ0v) is 18.4. The molecule has 2 N–H and O–H groups in total. The Morgan fingerprint density at radius 3 is 2.43 bits per heavy atom. The van der Waals surface area contributed by atoms with Crippen LogP contribution in [0.3, 0.4) is 0 Å². The summed E-state index contributed by atoms with van der Waals surface area (Å²) in [5, 5.41) is 5.75. The van der Waals surface area contributed by atoms with Crippen LogP contribution in [0.15, 0.2) is 24.3 Å². The van der Waals surface area contributed by atoms with Crippen molar-refractivity contribution < 1.29 is 14.4 Å². The van der Waals surface area contributed by atoms with Gasteiger partial charge in [-0.1, -0.05) is 45.0 Å². The summed E-state index contributed by atoms with van der Waals surface area (Å²) in [6.07, 6.45) is 3.12. The van der Waals surface area contributed by atoms with Crippen molar-refractivity contribution in [1.82, 2.24) is 20.4 Å². The molecule has 1 aromatic carbocycles. The van der Waals surface area contributed by atoms with E-state index in [1.54, 1.807) is 0 Å². The van der Waals surface area contributed by atoms with E-state index < -0.39 is 11.6 Å². The molecule has 7 heteroatoms. The van der Waals surface area contributed by atoms with E-state index in [0.29, 0.717) is 25.3 Å². The molecule has 2 aliphatic rings.